The first kappa shape index (κ1) is 26.7. The Morgan fingerprint density at radius 3 is 1.57 bits per heavy atom. The van der Waals surface area contributed by atoms with Crippen LogP contribution >= 0.6 is 0 Å². The first-order valence-electron chi connectivity index (χ1n) is 10.8. The summed E-state index contributed by atoms with van der Waals surface area (Å²) in [6.45, 7) is 19.9. The zero-order chi connectivity index (χ0) is 23.2. The molecule has 0 saturated heterocycles. The Morgan fingerprint density at radius 1 is 0.733 bits per heavy atom. The van der Waals surface area contributed by atoms with Gasteiger partial charge in [-0.25, -0.2) is 0 Å². The molecule has 0 radical (unpaired) electrons. The van der Waals surface area contributed by atoms with Gasteiger partial charge < -0.3 is 30.3 Å². The molecular formula is C24H44N2O4. The van der Waals surface area contributed by atoms with Gasteiger partial charge in [0.2, 0.25) is 0 Å². The maximum atomic E-state index is 10.3. The van der Waals surface area contributed by atoms with Crippen molar-refractivity contribution in [1.29, 1.82) is 0 Å². The summed E-state index contributed by atoms with van der Waals surface area (Å²) in [5.41, 5.74) is 0.931. The number of β-amino-alcohol motifs (C(OH)–C–C–N with tert-alkyl or cyclic N) is 2. The molecule has 0 fully saturated rings. The minimum Gasteiger partial charge on any atom is -0.487 e. The van der Waals surface area contributed by atoms with E-state index in [1.54, 1.807) is 0 Å². The van der Waals surface area contributed by atoms with E-state index in [-0.39, 0.29) is 29.7 Å². The maximum Gasteiger partial charge on any atom is 0.161 e. The molecule has 174 valence electrons. The second kappa shape index (κ2) is 10.8. The third-order valence-corrected chi connectivity index (χ3v) is 4.41. The van der Waals surface area contributed by atoms with E-state index in [2.05, 4.69) is 72.9 Å². The van der Waals surface area contributed by atoms with Gasteiger partial charge in [-0.15, -0.1) is 0 Å². The molecule has 1 aromatic rings. The zero-order valence-corrected chi connectivity index (χ0v) is 20.4. The average molecular weight is 425 g/mol. The summed E-state index contributed by atoms with van der Waals surface area (Å²) in [7, 11) is 0. The molecule has 0 bridgehead atoms. The van der Waals surface area contributed by atoms with E-state index in [4.69, 9.17) is 9.47 Å². The molecular weight excluding hydrogens is 380 g/mol. The molecule has 0 aromatic heterocycles. The number of ether oxygens (including phenoxy) is 2. The van der Waals surface area contributed by atoms with Crippen LogP contribution in [0.5, 0.6) is 11.5 Å². The predicted octanol–water partition coefficient (Wildman–Crippen LogP) is 3.24. The Hall–Kier alpha value is -1.34. The summed E-state index contributed by atoms with van der Waals surface area (Å²) < 4.78 is 11.8. The van der Waals surface area contributed by atoms with Crippen molar-refractivity contribution in [3.05, 3.63) is 23.8 Å². The van der Waals surface area contributed by atoms with Gasteiger partial charge in [-0.2, -0.15) is 0 Å². The van der Waals surface area contributed by atoms with Crippen LogP contribution in [0.2, 0.25) is 0 Å². The Morgan fingerprint density at radius 2 is 1.17 bits per heavy atom. The van der Waals surface area contributed by atoms with E-state index in [1.165, 1.54) is 0 Å². The lowest BCUT2D eigenvalue weighted by Crippen LogP contribution is -2.42. The van der Waals surface area contributed by atoms with Crippen LogP contribution in [0.4, 0.5) is 0 Å². The molecule has 6 nitrogen and oxygen atoms in total. The number of hydrogen-bond donors (Lipinski definition) is 4. The summed E-state index contributed by atoms with van der Waals surface area (Å²) in [5, 5.41) is 27.1. The monoisotopic (exact) mass is 424 g/mol. The topological polar surface area (TPSA) is 83.0 Å². The molecule has 4 N–H and O–H groups in total. The lowest BCUT2D eigenvalue weighted by atomic mass is 9.87. The molecule has 0 spiro atoms. The fraction of sp³-hybridized carbons (Fsp3) is 0.750. The molecule has 30 heavy (non-hydrogen) atoms. The molecule has 0 aliphatic carbocycles. The van der Waals surface area contributed by atoms with Gasteiger partial charge in [-0.05, 0) is 64.7 Å². The molecule has 1 rings (SSSR count). The minimum absolute atomic E-state index is 0.0425. The van der Waals surface area contributed by atoms with Gasteiger partial charge in [0.25, 0.3) is 0 Å². The summed E-state index contributed by atoms with van der Waals surface area (Å²) in [6.07, 6.45) is -1.28. The standard InChI is InChI=1S/C24H44N2O4/c1-22(2,3)17-10-11-20(29-15-18(27)13-25-23(4,5)6)21(12-17)30-16-19(28)14-26-24(7,8)9/h10-12,18-19,25-28H,13-16H2,1-9H3. The van der Waals surface area contributed by atoms with E-state index < -0.39 is 12.2 Å². The Balaban J connectivity index is 2.80. The maximum absolute atomic E-state index is 10.3. The summed E-state index contributed by atoms with van der Waals surface area (Å²) in [5.74, 6) is 1.14. The van der Waals surface area contributed by atoms with Crippen LogP contribution in [0.3, 0.4) is 0 Å². The van der Waals surface area contributed by atoms with E-state index >= 15 is 0 Å². The van der Waals surface area contributed by atoms with Crippen LogP contribution in [-0.4, -0.2) is 59.8 Å². The Bertz CT molecular complexity index is 642. The van der Waals surface area contributed by atoms with Crippen LogP contribution in [0.25, 0.3) is 0 Å². The smallest absolute Gasteiger partial charge is 0.161 e. The van der Waals surface area contributed by atoms with Crippen LogP contribution in [0, 0.1) is 0 Å². The van der Waals surface area contributed by atoms with Crippen molar-refractivity contribution in [2.75, 3.05) is 26.3 Å². The predicted molar refractivity (Wildman–Crippen MR) is 124 cm³/mol. The van der Waals surface area contributed by atoms with Gasteiger partial charge in [0, 0.05) is 24.2 Å². The lowest BCUT2D eigenvalue weighted by Gasteiger charge is -2.25. The molecule has 0 aliphatic heterocycles. The van der Waals surface area contributed by atoms with Crippen molar-refractivity contribution >= 4 is 0 Å². The normalized spacial score (nSPS) is 15.0. The van der Waals surface area contributed by atoms with Crippen LogP contribution in [-0.2, 0) is 5.41 Å². The highest BCUT2D eigenvalue weighted by Gasteiger charge is 2.19. The number of aliphatic hydroxyl groups is 2. The van der Waals surface area contributed by atoms with Gasteiger partial charge in [0.1, 0.15) is 25.4 Å². The van der Waals surface area contributed by atoms with E-state index in [9.17, 15) is 10.2 Å². The summed E-state index contributed by atoms with van der Waals surface area (Å²) >= 11 is 0. The molecule has 1 aromatic carbocycles. The first-order chi connectivity index (χ1) is 13.6. The van der Waals surface area contributed by atoms with Crippen molar-refractivity contribution in [2.45, 2.75) is 91.0 Å². The molecule has 6 heteroatoms. The Kier molecular flexibility index (Phi) is 9.61. The lowest BCUT2D eigenvalue weighted by molar-refractivity contribution is 0.0870. The van der Waals surface area contributed by atoms with Gasteiger partial charge in [-0.1, -0.05) is 26.8 Å². The van der Waals surface area contributed by atoms with Gasteiger partial charge >= 0.3 is 0 Å². The number of rotatable bonds is 10. The van der Waals surface area contributed by atoms with Crippen molar-refractivity contribution in [3.8, 4) is 11.5 Å². The van der Waals surface area contributed by atoms with E-state index in [0.29, 0.717) is 24.6 Å². The van der Waals surface area contributed by atoms with Crippen LogP contribution in [0.1, 0.15) is 67.9 Å². The van der Waals surface area contributed by atoms with Gasteiger partial charge in [0.15, 0.2) is 11.5 Å². The highest BCUT2D eigenvalue weighted by molar-refractivity contribution is 5.45. The average Bonchev–Trinajstić information content (AvgIpc) is 2.59. The molecule has 0 aliphatic rings. The fourth-order valence-electron chi connectivity index (χ4n) is 2.54. The third kappa shape index (κ3) is 11.2. The minimum atomic E-state index is -0.642. The van der Waals surface area contributed by atoms with Gasteiger partial charge in [0.05, 0.1) is 0 Å². The highest BCUT2D eigenvalue weighted by Crippen LogP contribution is 2.33. The number of benzene rings is 1. The van der Waals surface area contributed by atoms with E-state index in [0.717, 1.165) is 5.56 Å². The van der Waals surface area contributed by atoms with Gasteiger partial charge in [-0.3, -0.25) is 0 Å². The third-order valence-electron chi connectivity index (χ3n) is 4.41. The molecule has 0 amide bonds. The van der Waals surface area contributed by atoms with Crippen molar-refractivity contribution in [2.24, 2.45) is 0 Å². The van der Waals surface area contributed by atoms with Crippen LogP contribution < -0.4 is 20.1 Å². The quantitative estimate of drug-likeness (QED) is 0.462. The number of hydrogen-bond acceptors (Lipinski definition) is 6. The SMILES string of the molecule is CC(C)(C)NCC(O)COc1ccc(C(C)(C)C)cc1OCC(O)CNC(C)(C)C. The highest BCUT2D eigenvalue weighted by atomic mass is 16.5. The summed E-state index contributed by atoms with van der Waals surface area (Å²) in [6, 6.07) is 5.85. The molecule has 2 unspecified atom stereocenters. The Labute approximate surface area is 183 Å². The largest absolute Gasteiger partial charge is 0.487 e. The second-order valence-corrected chi connectivity index (χ2v) is 11.1. The van der Waals surface area contributed by atoms with E-state index in [1.807, 2.05) is 18.2 Å². The molecule has 0 saturated carbocycles. The molecule has 0 heterocycles. The van der Waals surface area contributed by atoms with Crippen molar-refractivity contribution in [1.82, 2.24) is 10.6 Å². The molecule has 2 atom stereocenters. The number of aliphatic hydroxyl groups excluding tert-OH is 2. The zero-order valence-electron chi connectivity index (χ0n) is 20.4. The summed E-state index contributed by atoms with van der Waals surface area (Å²) in [4.78, 5) is 0. The number of nitrogens with one attached hydrogen (secondary N) is 2. The van der Waals surface area contributed by atoms with Crippen molar-refractivity contribution < 1.29 is 19.7 Å². The fourth-order valence-corrected chi connectivity index (χ4v) is 2.54. The van der Waals surface area contributed by atoms with Crippen molar-refractivity contribution in [3.63, 3.8) is 0 Å². The second-order valence-electron chi connectivity index (χ2n) is 11.1. The first-order valence-corrected chi connectivity index (χ1v) is 10.8. The van der Waals surface area contributed by atoms with Crippen LogP contribution in [0.15, 0.2) is 18.2 Å².